The lowest BCUT2D eigenvalue weighted by atomic mass is 10.1. The fourth-order valence-electron chi connectivity index (χ4n) is 2.95. The van der Waals surface area contributed by atoms with Crippen LogP contribution in [0.1, 0.15) is 18.1 Å². The van der Waals surface area contributed by atoms with Gasteiger partial charge in [0, 0.05) is 6.54 Å². The van der Waals surface area contributed by atoms with Crippen molar-refractivity contribution in [2.24, 2.45) is 0 Å². The normalized spacial score (nSPS) is 16.2. The number of carbonyl (C=O) groups is 2. The number of anilines is 1. The molecule has 2 aromatic carbocycles. The Morgan fingerprint density at radius 2 is 1.88 bits per heavy atom. The van der Waals surface area contributed by atoms with E-state index in [0.717, 1.165) is 6.42 Å². The highest BCUT2D eigenvalue weighted by Gasteiger charge is 2.32. The first kappa shape index (κ1) is 17.0. The zero-order valence-corrected chi connectivity index (χ0v) is 14.5. The Balaban J connectivity index is 1.61. The predicted molar refractivity (Wildman–Crippen MR) is 96.8 cm³/mol. The summed E-state index contributed by atoms with van der Waals surface area (Å²) in [4.78, 5) is 26.2. The number of hydrogen-bond acceptors (Lipinski definition) is 3. The molecule has 0 aliphatic carbocycles. The van der Waals surface area contributed by atoms with Crippen molar-refractivity contribution in [2.45, 2.75) is 26.4 Å². The Morgan fingerprint density at radius 1 is 1.16 bits per heavy atom. The molecule has 0 fully saturated rings. The minimum Gasteiger partial charge on any atom is -0.479 e. The summed E-state index contributed by atoms with van der Waals surface area (Å²) in [5.74, 6) is 0.251. The Labute approximate surface area is 147 Å². The van der Waals surface area contributed by atoms with E-state index in [2.05, 4.69) is 24.4 Å². The van der Waals surface area contributed by atoms with E-state index in [4.69, 9.17) is 4.74 Å². The minimum absolute atomic E-state index is 0.00266. The molecule has 1 aliphatic heterocycles. The summed E-state index contributed by atoms with van der Waals surface area (Å²) in [5, 5.41) is 2.90. The quantitative estimate of drug-likeness (QED) is 0.911. The molecule has 1 N–H and O–H groups in total. The van der Waals surface area contributed by atoms with E-state index in [-0.39, 0.29) is 18.4 Å². The molecule has 1 atom stereocenters. The number of nitrogens with zero attached hydrogens (tertiary/aromatic N) is 1. The number of rotatable bonds is 5. The molecule has 3 rings (SSSR count). The van der Waals surface area contributed by atoms with Crippen molar-refractivity contribution in [3.8, 4) is 5.75 Å². The van der Waals surface area contributed by atoms with Gasteiger partial charge in [-0.15, -0.1) is 0 Å². The molecule has 2 amide bonds. The second-order valence-corrected chi connectivity index (χ2v) is 6.18. The zero-order chi connectivity index (χ0) is 17.8. The first-order chi connectivity index (χ1) is 12.1. The van der Waals surface area contributed by atoms with Crippen molar-refractivity contribution in [3.05, 3.63) is 59.7 Å². The summed E-state index contributed by atoms with van der Waals surface area (Å²) in [5.41, 5.74) is 3.06. The molecule has 130 valence electrons. The summed E-state index contributed by atoms with van der Waals surface area (Å²) in [6.07, 6.45) is 0.178. The molecular formula is C20H22N2O3. The average Bonchev–Trinajstić information content (AvgIpc) is 2.60. The van der Waals surface area contributed by atoms with Crippen molar-refractivity contribution >= 4 is 17.5 Å². The van der Waals surface area contributed by atoms with Gasteiger partial charge in [0.1, 0.15) is 12.3 Å². The molecule has 0 saturated heterocycles. The number of hydrogen-bond donors (Lipinski definition) is 1. The van der Waals surface area contributed by atoms with Gasteiger partial charge in [0.15, 0.2) is 6.10 Å². The van der Waals surface area contributed by atoms with Crippen LogP contribution in [-0.4, -0.2) is 31.0 Å². The van der Waals surface area contributed by atoms with Crippen LogP contribution in [0.5, 0.6) is 5.75 Å². The van der Waals surface area contributed by atoms with Gasteiger partial charge in [-0.1, -0.05) is 36.4 Å². The van der Waals surface area contributed by atoms with Gasteiger partial charge in [-0.2, -0.15) is 0 Å². The number of para-hydroxylation sites is 2. The zero-order valence-electron chi connectivity index (χ0n) is 14.5. The van der Waals surface area contributed by atoms with Crippen molar-refractivity contribution in [2.75, 3.05) is 18.0 Å². The van der Waals surface area contributed by atoms with Crippen molar-refractivity contribution in [1.82, 2.24) is 5.32 Å². The third kappa shape index (κ3) is 3.82. The number of aryl methyl sites for hydroxylation is 1. The molecule has 0 saturated carbocycles. The third-order valence-corrected chi connectivity index (χ3v) is 4.35. The molecular weight excluding hydrogens is 316 g/mol. The molecule has 1 unspecified atom stereocenters. The predicted octanol–water partition coefficient (Wildman–Crippen LogP) is 2.47. The highest BCUT2D eigenvalue weighted by molar-refractivity contribution is 6.03. The molecule has 5 nitrogen and oxygen atoms in total. The van der Waals surface area contributed by atoms with Crippen LogP contribution in [0.2, 0.25) is 0 Å². The lowest BCUT2D eigenvalue weighted by Gasteiger charge is -2.32. The van der Waals surface area contributed by atoms with Crippen LogP contribution in [-0.2, 0) is 16.0 Å². The summed E-state index contributed by atoms with van der Waals surface area (Å²) >= 11 is 0. The third-order valence-electron chi connectivity index (χ3n) is 4.35. The van der Waals surface area contributed by atoms with E-state index in [1.165, 1.54) is 16.0 Å². The van der Waals surface area contributed by atoms with E-state index in [1.54, 1.807) is 19.1 Å². The standard InChI is InChI=1S/C20H22N2O3/c1-14-7-3-4-8-16(14)11-12-21-19(23)13-22-17-9-5-6-10-18(17)25-15(2)20(22)24/h3-10,15H,11-13H2,1-2H3,(H,21,23). The number of fused-ring (bicyclic) bond motifs is 1. The lowest BCUT2D eigenvalue weighted by molar-refractivity contribution is -0.128. The Bertz CT molecular complexity index is 788. The molecule has 1 aliphatic rings. The van der Waals surface area contributed by atoms with Crippen LogP contribution in [0, 0.1) is 6.92 Å². The van der Waals surface area contributed by atoms with E-state index in [0.29, 0.717) is 18.0 Å². The van der Waals surface area contributed by atoms with Gasteiger partial charge in [0.25, 0.3) is 5.91 Å². The Hall–Kier alpha value is -2.82. The minimum atomic E-state index is -0.588. The Kier molecular flexibility index (Phi) is 5.03. The number of amides is 2. The fraction of sp³-hybridized carbons (Fsp3) is 0.300. The molecule has 0 spiro atoms. The number of ether oxygens (including phenoxy) is 1. The maximum absolute atomic E-state index is 12.4. The second-order valence-electron chi connectivity index (χ2n) is 6.18. The first-order valence-electron chi connectivity index (χ1n) is 8.44. The Morgan fingerprint density at radius 3 is 2.68 bits per heavy atom. The van der Waals surface area contributed by atoms with E-state index >= 15 is 0 Å². The van der Waals surface area contributed by atoms with Crippen LogP contribution in [0.3, 0.4) is 0 Å². The van der Waals surface area contributed by atoms with E-state index in [1.807, 2.05) is 24.3 Å². The van der Waals surface area contributed by atoms with E-state index in [9.17, 15) is 9.59 Å². The van der Waals surface area contributed by atoms with Gasteiger partial charge in [0.2, 0.25) is 5.91 Å². The van der Waals surface area contributed by atoms with Crippen LogP contribution >= 0.6 is 0 Å². The van der Waals surface area contributed by atoms with Crippen LogP contribution in [0.15, 0.2) is 48.5 Å². The van der Waals surface area contributed by atoms with Crippen molar-refractivity contribution < 1.29 is 14.3 Å². The summed E-state index contributed by atoms with van der Waals surface area (Å²) in [7, 11) is 0. The summed E-state index contributed by atoms with van der Waals surface area (Å²) < 4.78 is 5.59. The fourth-order valence-corrected chi connectivity index (χ4v) is 2.95. The SMILES string of the molecule is Cc1ccccc1CCNC(=O)CN1C(=O)C(C)Oc2ccccc21. The van der Waals surface area contributed by atoms with Crippen LogP contribution in [0.4, 0.5) is 5.69 Å². The van der Waals surface area contributed by atoms with Gasteiger partial charge in [-0.25, -0.2) is 0 Å². The molecule has 0 radical (unpaired) electrons. The number of carbonyl (C=O) groups excluding carboxylic acids is 2. The summed E-state index contributed by atoms with van der Waals surface area (Å²) in [6, 6.07) is 15.4. The average molecular weight is 338 g/mol. The largest absolute Gasteiger partial charge is 0.479 e. The van der Waals surface area contributed by atoms with Gasteiger partial charge in [0.05, 0.1) is 5.69 Å². The van der Waals surface area contributed by atoms with Gasteiger partial charge < -0.3 is 10.1 Å². The van der Waals surface area contributed by atoms with Crippen molar-refractivity contribution in [1.29, 1.82) is 0 Å². The molecule has 25 heavy (non-hydrogen) atoms. The summed E-state index contributed by atoms with van der Waals surface area (Å²) in [6.45, 7) is 4.29. The van der Waals surface area contributed by atoms with E-state index < -0.39 is 6.10 Å². The molecule has 5 heteroatoms. The molecule has 0 bridgehead atoms. The maximum Gasteiger partial charge on any atom is 0.268 e. The highest BCUT2D eigenvalue weighted by atomic mass is 16.5. The second kappa shape index (κ2) is 7.38. The lowest BCUT2D eigenvalue weighted by Crippen LogP contribution is -2.49. The number of benzene rings is 2. The van der Waals surface area contributed by atoms with Crippen LogP contribution in [0.25, 0.3) is 0 Å². The number of nitrogens with one attached hydrogen (secondary N) is 1. The van der Waals surface area contributed by atoms with Gasteiger partial charge in [-0.3, -0.25) is 14.5 Å². The monoisotopic (exact) mass is 338 g/mol. The molecule has 0 aromatic heterocycles. The smallest absolute Gasteiger partial charge is 0.268 e. The van der Waals surface area contributed by atoms with Crippen molar-refractivity contribution in [3.63, 3.8) is 0 Å². The first-order valence-corrected chi connectivity index (χ1v) is 8.44. The van der Waals surface area contributed by atoms with Crippen LogP contribution < -0.4 is 15.0 Å². The molecule has 2 aromatic rings. The maximum atomic E-state index is 12.4. The topological polar surface area (TPSA) is 58.6 Å². The highest BCUT2D eigenvalue weighted by Crippen LogP contribution is 2.33. The van der Waals surface area contributed by atoms with Gasteiger partial charge >= 0.3 is 0 Å². The van der Waals surface area contributed by atoms with Gasteiger partial charge in [-0.05, 0) is 43.5 Å². The molecule has 1 heterocycles.